The lowest BCUT2D eigenvalue weighted by Gasteiger charge is -2.15. The zero-order valence-corrected chi connectivity index (χ0v) is 18.3. The van der Waals surface area contributed by atoms with Gasteiger partial charge in [0.25, 0.3) is 0 Å². The number of thiophene rings is 1. The average Bonchev–Trinajstić information content (AvgIpc) is 3.22. The number of fused-ring (bicyclic) bond motifs is 1. The van der Waals surface area contributed by atoms with Crippen molar-refractivity contribution in [2.24, 2.45) is 0 Å². The molecule has 0 aliphatic heterocycles. The molecule has 0 bridgehead atoms. The zero-order valence-electron chi connectivity index (χ0n) is 17.5. The molecule has 4 aromatic rings. The second-order valence-electron chi connectivity index (χ2n) is 7.37. The predicted molar refractivity (Wildman–Crippen MR) is 121 cm³/mol. The third kappa shape index (κ3) is 4.26. The Labute approximate surface area is 184 Å². The Balaban J connectivity index is 1.79. The zero-order chi connectivity index (χ0) is 22.0. The summed E-state index contributed by atoms with van der Waals surface area (Å²) in [5, 5.41) is 21.2. The van der Waals surface area contributed by atoms with Gasteiger partial charge < -0.3 is 9.84 Å². The number of aromatic nitrogens is 3. The highest BCUT2D eigenvalue weighted by Gasteiger charge is 2.21. The number of aliphatic hydroxyl groups is 1. The number of hydrogen-bond donors (Lipinski definition) is 1. The molecule has 3 aromatic heterocycles. The maximum absolute atomic E-state index is 11.1. The predicted octanol–water partition coefficient (Wildman–Crippen LogP) is 5.06. The summed E-state index contributed by atoms with van der Waals surface area (Å²) < 4.78 is 5.78. The minimum Gasteiger partial charge on any atom is -0.475 e. The Morgan fingerprint density at radius 1 is 1.16 bits per heavy atom. The minimum absolute atomic E-state index is 0.0486. The van der Waals surface area contributed by atoms with Gasteiger partial charge in [-0.25, -0.2) is 15.0 Å². The van der Waals surface area contributed by atoms with Crippen molar-refractivity contribution in [1.29, 1.82) is 5.26 Å². The Kier molecular flexibility index (Phi) is 5.94. The molecule has 156 valence electrons. The number of nitriles is 1. The van der Waals surface area contributed by atoms with Crippen LogP contribution in [0.15, 0.2) is 48.7 Å². The first kappa shape index (κ1) is 20.9. The quantitative estimate of drug-likeness (QED) is 0.460. The second kappa shape index (κ2) is 8.80. The van der Waals surface area contributed by atoms with Gasteiger partial charge in [0.15, 0.2) is 5.82 Å². The monoisotopic (exact) mass is 430 g/mol. The number of nitrogens with zero attached hydrogens (tertiary/aromatic N) is 4. The molecule has 3 heterocycles. The van der Waals surface area contributed by atoms with Crippen molar-refractivity contribution in [1.82, 2.24) is 15.0 Å². The molecule has 0 fully saturated rings. The van der Waals surface area contributed by atoms with Gasteiger partial charge in [0.05, 0.1) is 23.4 Å². The van der Waals surface area contributed by atoms with E-state index in [-0.39, 0.29) is 6.10 Å². The third-order valence-electron chi connectivity index (χ3n) is 4.79. The summed E-state index contributed by atoms with van der Waals surface area (Å²) in [5.74, 6) is 1.01. The maximum atomic E-state index is 11.1. The highest BCUT2D eigenvalue weighted by atomic mass is 32.1. The number of hydrogen-bond acceptors (Lipinski definition) is 7. The number of pyridine rings is 1. The minimum atomic E-state index is -0.878. The van der Waals surface area contributed by atoms with Gasteiger partial charge in [0.1, 0.15) is 10.9 Å². The maximum Gasteiger partial charge on any atom is 0.219 e. The van der Waals surface area contributed by atoms with Crippen molar-refractivity contribution < 1.29 is 9.84 Å². The molecule has 4 rings (SSSR count). The van der Waals surface area contributed by atoms with E-state index in [1.807, 2.05) is 45.0 Å². The number of aryl methyl sites for hydroxylation is 1. The van der Waals surface area contributed by atoms with E-state index >= 15 is 0 Å². The summed E-state index contributed by atoms with van der Waals surface area (Å²) in [6.07, 6.45) is 1.45. The highest BCUT2D eigenvalue weighted by molar-refractivity contribution is 7.18. The van der Waals surface area contributed by atoms with Crippen LogP contribution in [0, 0.1) is 11.3 Å². The lowest BCUT2D eigenvalue weighted by Crippen LogP contribution is -2.10. The van der Waals surface area contributed by atoms with Gasteiger partial charge in [0.2, 0.25) is 5.88 Å². The summed E-state index contributed by atoms with van der Waals surface area (Å²) >= 11 is 1.43. The lowest BCUT2D eigenvalue weighted by atomic mass is 10.1. The number of rotatable bonds is 6. The first-order chi connectivity index (χ1) is 15.0. The van der Waals surface area contributed by atoms with Crippen LogP contribution < -0.4 is 4.74 Å². The molecular formula is C24H22N4O2S. The molecule has 1 atom stereocenters. The van der Waals surface area contributed by atoms with Crippen LogP contribution in [0.5, 0.6) is 5.88 Å². The van der Waals surface area contributed by atoms with Gasteiger partial charge in [0, 0.05) is 27.6 Å². The first-order valence-corrected chi connectivity index (χ1v) is 10.9. The van der Waals surface area contributed by atoms with E-state index in [0.29, 0.717) is 22.8 Å². The number of aliphatic hydroxyl groups excluding tert-OH is 1. The smallest absolute Gasteiger partial charge is 0.219 e. The normalized spacial score (nSPS) is 12.1. The van der Waals surface area contributed by atoms with Gasteiger partial charge in [-0.1, -0.05) is 19.1 Å². The van der Waals surface area contributed by atoms with Crippen molar-refractivity contribution in [3.8, 4) is 23.3 Å². The van der Waals surface area contributed by atoms with Crippen LogP contribution in [-0.2, 0) is 6.42 Å². The highest BCUT2D eigenvalue weighted by Crippen LogP contribution is 2.37. The Morgan fingerprint density at radius 2 is 2.00 bits per heavy atom. The van der Waals surface area contributed by atoms with Crippen LogP contribution in [0.2, 0.25) is 0 Å². The van der Waals surface area contributed by atoms with E-state index < -0.39 is 6.10 Å². The molecule has 1 N–H and O–H groups in total. The van der Waals surface area contributed by atoms with Crippen LogP contribution in [-0.4, -0.2) is 26.2 Å². The molecule has 0 radical (unpaired) electrons. The van der Waals surface area contributed by atoms with Crippen molar-refractivity contribution in [2.45, 2.75) is 39.4 Å². The standard InChI is InChI=1S/C24H22N4O2S/c1-4-19-18-12-20(21(29)17-9-6-10-26-23(17)30-14(2)3)31-24(18)28-22(27-19)16-8-5-7-15(11-16)13-25/h5-12,14,21,29H,4H2,1-3H3. The Bertz CT molecular complexity index is 1280. The third-order valence-corrected chi connectivity index (χ3v) is 5.87. The molecule has 6 nitrogen and oxygen atoms in total. The van der Waals surface area contributed by atoms with E-state index in [2.05, 4.69) is 11.1 Å². The van der Waals surface area contributed by atoms with Crippen molar-refractivity contribution in [3.63, 3.8) is 0 Å². The van der Waals surface area contributed by atoms with E-state index in [1.165, 1.54) is 11.3 Å². The van der Waals surface area contributed by atoms with E-state index in [4.69, 9.17) is 14.7 Å². The average molecular weight is 431 g/mol. The SMILES string of the molecule is CCc1nc(-c2cccc(C#N)c2)nc2sc(C(O)c3cccnc3OC(C)C)cc12. The van der Waals surface area contributed by atoms with Gasteiger partial charge in [-0.15, -0.1) is 11.3 Å². The topological polar surface area (TPSA) is 91.9 Å². The molecule has 0 saturated carbocycles. The fourth-order valence-electron chi connectivity index (χ4n) is 3.35. The number of ether oxygens (including phenoxy) is 1. The molecule has 1 unspecified atom stereocenters. The Hall–Kier alpha value is -3.34. The van der Waals surface area contributed by atoms with Gasteiger partial charge in [-0.2, -0.15) is 5.26 Å². The molecule has 0 amide bonds. The van der Waals surface area contributed by atoms with Crippen molar-refractivity contribution >= 4 is 21.6 Å². The first-order valence-electron chi connectivity index (χ1n) is 10.1. The van der Waals surface area contributed by atoms with Crippen LogP contribution in [0.3, 0.4) is 0 Å². The fraction of sp³-hybridized carbons (Fsp3) is 0.250. The van der Waals surface area contributed by atoms with E-state index in [9.17, 15) is 10.4 Å². The summed E-state index contributed by atoms with van der Waals surface area (Å²) in [6.45, 7) is 5.90. The van der Waals surface area contributed by atoms with Crippen LogP contribution in [0.4, 0.5) is 0 Å². The van der Waals surface area contributed by atoms with Crippen molar-refractivity contribution in [3.05, 3.63) is 70.4 Å². The molecule has 0 aliphatic carbocycles. The molecule has 0 spiro atoms. The summed E-state index contributed by atoms with van der Waals surface area (Å²) in [6, 6.07) is 15.0. The van der Waals surface area contributed by atoms with E-state index in [1.54, 1.807) is 24.4 Å². The second-order valence-corrected chi connectivity index (χ2v) is 8.44. The fourth-order valence-corrected chi connectivity index (χ4v) is 4.40. The summed E-state index contributed by atoms with van der Waals surface area (Å²) in [7, 11) is 0. The lowest BCUT2D eigenvalue weighted by molar-refractivity contribution is 0.195. The molecule has 31 heavy (non-hydrogen) atoms. The van der Waals surface area contributed by atoms with Crippen LogP contribution in [0.1, 0.15) is 48.6 Å². The molecule has 7 heteroatoms. The van der Waals surface area contributed by atoms with Crippen LogP contribution in [0.25, 0.3) is 21.6 Å². The van der Waals surface area contributed by atoms with Gasteiger partial charge in [-0.3, -0.25) is 0 Å². The number of benzene rings is 1. The Morgan fingerprint density at radius 3 is 2.74 bits per heavy atom. The molecular weight excluding hydrogens is 408 g/mol. The van der Waals surface area contributed by atoms with Crippen molar-refractivity contribution in [2.75, 3.05) is 0 Å². The summed E-state index contributed by atoms with van der Waals surface area (Å²) in [4.78, 5) is 15.3. The molecule has 0 saturated heterocycles. The largest absolute Gasteiger partial charge is 0.475 e. The van der Waals surface area contributed by atoms with Gasteiger partial charge in [-0.05, 0) is 50.6 Å². The van der Waals surface area contributed by atoms with E-state index in [0.717, 1.165) is 32.8 Å². The molecule has 0 aliphatic rings. The molecule has 1 aromatic carbocycles. The van der Waals surface area contributed by atoms with Crippen LogP contribution >= 0.6 is 11.3 Å². The van der Waals surface area contributed by atoms with Gasteiger partial charge >= 0.3 is 0 Å². The summed E-state index contributed by atoms with van der Waals surface area (Å²) in [5.41, 5.74) is 2.89.